The van der Waals surface area contributed by atoms with Crippen LogP contribution in [0.3, 0.4) is 0 Å². The summed E-state index contributed by atoms with van der Waals surface area (Å²) in [5, 5.41) is 6.42. The molecule has 0 spiro atoms. The molecule has 2 rings (SSSR count). The molecule has 0 saturated carbocycles. The molecule has 1 aromatic heterocycles. The number of aromatic nitrogens is 1. The normalized spacial score (nSPS) is 17.6. The average Bonchev–Trinajstić information content (AvgIpc) is 3.01. The molecule has 1 N–H and O–H groups in total. The molecule has 5 nitrogen and oxygen atoms in total. The number of halogens is 4. The zero-order valence-electron chi connectivity index (χ0n) is 16.1. The molecule has 0 aromatic carbocycles. The van der Waals surface area contributed by atoms with Crippen LogP contribution in [-0.4, -0.2) is 72.2 Å². The SMILES string of the molecule is CCNC(=NCCCc1nc(C)cs1)N1CCN(C(C)C(F)(F)F)CC1.I. The molecule has 1 atom stereocenters. The van der Waals surface area contributed by atoms with Gasteiger partial charge in [-0.25, -0.2) is 4.98 Å². The molecule has 1 aliphatic heterocycles. The van der Waals surface area contributed by atoms with Crippen molar-refractivity contribution >= 4 is 41.3 Å². The van der Waals surface area contributed by atoms with E-state index in [2.05, 4.69) is 20.2 Å². The summed E-state index contributed by atoms with van der Waals surface area (Å²) in [6.45, 7) is 8.53. The van der Waals surface area contributed by atoms with Crippen LogP contribution in [-0.2, 0) is 6.42 Å². The number of nitrogens with one attached hydrogen (secondary N) is 1. The largest absolute Gasteiger partial charge is 0.403 e. The fourth-order valence-electron chi connectivity index (χ4n) is 2.89. The second kappa shape index (κ2) is 11.4. The van der Waals surface area contributed by atoms with Crippen molar-refractivity contribution < 1.29 is 13.2 Å². The minimum Gasteiger partial charge on any atom is -0.357 e. The number of guanidine groups is 1. The van der Waals surface area contributed by atoms with Crippen LogP contribution in [0, 0.1) is 6.92 Å². The molecule has 1 unspecified atom stereocenters. The van der Waals surface area contributed by atoms with Gasteiger partial charge in [0, 0.05) is 56.8 Å². The summed E-state index contributed by atoms with van der Waals surface area (Å²) < 4.78 is 38.6. The third-order valence-electron chi connectivity index (χ3n) is 4.45. The maximum Gasteiger partial charge on any atom is 0.403 e. The maximum atomic E-state index is 12.9. The number of hydrogen-bond acceptors (Lipinski definition) is 4. The van der Waals surface area contributed by atoms with Gasteiger partial charge in [-0.1, -0.05) is 0 Å². The van der Waals surface area contributed by atoms with E-state index < -0.39 is 12.2 Å². The van der Waals surface area contributed by atoms with Crippen LogP contribution in [0.2, 0.25) is 0 Å². The molecule has 0 bridgehead atoms. The predicted molar refractivity (Wildman–Crippen MR) is 115 cm³/mol. The van der Waals surface area contributed by atoms with Crippen molar-refractivity contribution in [2.24, 2.45) is 4.99 Å². The molecule has 1 fully saturated rings. The Morgan fingerprint density at radius 2 is 2.00 bits per heavy atom. The highest BCUT2D eigenvalue weighted by Crippen LogP contribution is 2.25. The van der Waals surface area contributed by atoms with Crippen LogP contribution in [0.15, 0.2) is 10.4 Å². The van der Waals surface area contributed by atoms with Crippen LogP contribution in [0.4, 0.5) is 13.2 Å². The second-order valence-corrected chi connectivity index (χ2v) is 7.41. The molecular weight excluding hydrogens is 490 g/mol. The molecule has 1 aliphatic rings. The molecule has 27 heavy (non-hydrogen) atoms. The Balaban J connectivity index is 0.00000364. The van der Waals surface area contributed by atoms with Gasteiger partial charge in [-0.3, -0.25) is 9.89 Å². The maximum absolute atomic E-state index is 12.9. The highest BCUT2D eigenvalue weighted by atomic mass is 127. The van der Waals surface area contributed by atoms with Crippen molar-refractivity contribution in [1.82, 2.24) is 20.1 Å². The van der Waals surface area contributed by atoms with Gasteiger partial charge in [0.25, 0.3) is 0 Å². The first-order valence-electron chi connectivity index (χ1n) is 9.06. The van der Waals surface area contributed by atoms with Crippen molar-refractivity contribution in [2.75, 3.05) is 39.3 Å². The van der Waals surface area contributed by atoms with E-state index in [1.54, 1.807) is 11.3 Å². The number of nitrogens with zero attached hydrogens (tertiary/aromatic N) is 4. The molecule has 2 heterocycles. The van der Waals surface area contributed by atoms with Gasteiger partial charge in [-0.15, -0.1) is 35.3 Å². The van der Waals surface area contributed by atoms with Gasteiger partial charge in [0.15, 0.2) is 5.96 Å². The lowest BCUT2D eigenvalue weighted by Gasteiger charge is -2.39. The fraction of sp³-hybridized carbons (Fsp3) is 0.765. The Labute approximate surface area is 180 Å². The standard InChI is InChI=1S/C17H28F3N5S.HI/c1-4-21-16(22-7-5-6-15-23-13(2)12-26-15)25-10-8-24(9-11-25)14(3)17(18,19)20;/h12,14H,4-11H2,1-3H3,(H,21,22);1H. The van der Waals surface area contributed by atoms with Crippen molar-refractivity contribution in [3.8, 4) is 0 Å². The van der Waals surface area contributed by atoms with E-state index in [0.717, 1.165) is 36.0 Å². The number of aliphatic imine (C=N–C) groups is 1. The van der Waals surface area contributed by atoms with Gasteiger partial charge < -0.3 is 10.2 Å². The van der Waals surface area contributed by atoms with Crippen LogP contribution in [0.25, 0.3) is 0 Å². The first kappa shape index (κ1) is 24.4. The van der Waals surface area contributed by atoms with E-state index in [4.69, 9.17) is 0 Å². The number of hydrogen-bond donors (Lipinski definition) is 1. The summed E-state index contributed by atoms with van der Waals surface area (Å²) in [5.74, 6) is 0.794. The molecular formula is C17H29F3IN5S. The molecule has 156 valence electrons. The molecule has 1 aromatic rings. The van der Waals surface area contributed by atoms with E-state index in [0.29, 0.717) is 32.7 Å². The highest BCUT2D eigenvalue weighted by molar-refractivity contribution is 14.0. The zero-order chi connectivity index (χ0) is 19.2. The monoisotopic (exact) mass is 519 g/mol. The molecule has 0 radical (unpaired) electrons. The second-order valence-electron chi connectivity index (χ2n) is 6.46. The van der Waals surface area contributed by atoms with Gasteiger partial charge in [-0.2, -0.15) is 13.2 Å². The topological polar surface area (TPSA) is 43.8 Å². The minimum atomic E-state index is -4.17. The summed E-state index contributed by atoms with van der Waals surface area (Å²) in [5.41, 5.74) is 1.05. The predicted octanol–water partition coefficient (Wildman–Crippen LogP) is 3.54. The lowest BCUT2D eigenvalue weighted by molar-refractivity contribution is -0.181. The number of piperazine rings is 1. The lowest BCUT2D eigenvalue weighted by Crippen LogP contribution is -2.56. The third kappa shape index (κ3) is 7.72. The number of rotatable bonds is 6. The summed E-state index contributed by atoms with van der Waals surface area (Å²) >= 11 is 1.67. The zero-order valence-corrected chi connectivity index (χ0v) is 19.2. The van der Waals surface area contributed by atoms with E-state index in [9.17, 15) is 13.2 Å². The first-order chi connectivity index (χ1) is 12.3. The average molecular weight is 519 g/mol. The number of alkyl halides is 3. The molecule has 10 heteroatoms. The van der Waals surface area contributed by atoms with Crippen molar-refractivity contribution in [3.63, 3.8) is 0 Å². The van der Waals surface area contributed by atoms with E-state index in [1.165, 1.54) is 11.8 Å². The number of aryl methyl sites for hydroxylation is 2. The summed E-state index contributed by atoms with van der Waals surface area (Å²) in [4.78, 5) is 12.6. The lowest BCUT2D eigenvalue weighted by atomic mass is 10.2. The Hall–Kier alpha value is -0.620. The third-order valence-corrected chi connectivity index (χ3v) is 5.47. The summed E-state index contributed by atoms with van der Waals surface area (Å²) in [6.07, 6.45) is -2.36. The minimum absolute atomic E-state index is 0. The quantitative estimate of drug-likeness (QED) is 0.271. The van der Waals surface area contributed by atoms with Gasteiger partial charge in [0.05, 0.1) is 5.01 Å². The van der Waals surface area contributed by atoms with Gasteiger partial charge in [0.2, 0.25) is 0 Å². The highest BCUT2D eigenvalue weighted by Gasteiger charge is 2.41. The van der Waals surface area contributed by atoms with E-state index in [1.807, 2.05) is 19.2 Å². The Morgan fingerprint density at radius 1 is 1.33 bits per heavy atom. The van der Waals surface area contributed by atoms with Gasteiger partial charge in [-0.05, 0) is 27.2 Å². The van der Waals surface area contributed by atoms with Gasteiger partial charge in [0.1, 0.15) is 6.04 Å². The van der Waals surface area contributed by atoms with Crippen LogP contribution < -0.4 is 5.32 Å². The smallest absolute Gasteiger partial charge is 0.357 e. The number of thiazole rings is 1. The van der Waals surface area contributed by atoms with E-state index >= 15 is 0 Å². The van der Waals surface area contributed by atoms with Crippen LogP contribution in [0.1, 0.15) is 31.0 Å². The van der Waals surface area contributed by atoms with Crippen molar-refractivity contribution in [1.29, 1.82) is 0 Å². The van der Waals surface area contributed by atoms with Gasteiger partial charge >= 0.3 is 6.18 Å². The Bertz CT molecular complexity index is 585. The fourth-order valence-corrected chi connectivity index (χ4v) is 3.70. The summed E-state index contributed by atoms with van der Waals surface area (Å²) in [6, 6.07) is -1.40. The molecule has 0 amide bonds. The molecule has 0 aliphatic carbocycles. The summed E-state index contributed by atoms with van der Waals surface area (Å²) in [7, 11) is 0. The Kier molecular flexibility index (Phi) is 10.3. The van der Waals surface area contributed by atoms with Crippen molar-refractivity contribution in [2.45, 2.75) is 45.8 Å². The van der Waals surface area contributed by atoms with Crippen LogP contribution in [0.5, 0.6) is 0 Å². The first-order valence-corrected chi connectivity index (χ1v) is 9.94. The van der Waals surface area contributed by atoms with Crippen molar-refractivity contribution in [3.05, 3.63) is 16.1 Å². The van der Waals surface area contributed by atoms with E-state index in [-0.39, 0.29) is 24.0 Å². The van der Waals surface area contributed by atoms with Crippen LogP contribution >= 0.6 is 35.3 Å². The molecule has 1 saturated heterocycles. The Morgan fingerprint density at radius 3 is 2.52 bits per heavy atom.